The number of aliphatic hydroxyl groups excluding tert-OH is 1. The van der Waals surface area contributed by atoms with Crippen molar-refractivity contribution in [1.82, 2.24) is 9.55 Å². The van der Waals surface area contributed by atoms with Gasteiger partial charge in [0.15, 0.2) is 34.9 Å². The lowest BCUT2D eigenvalue weighted by molar-refractivity contribution is -0.184. The van der Waals surface area contributed by atoms with Crippen LogP contribution >= 0.6 is 22.6 Å². The summed E-state index contributed by atoms with van der Waals surface area (Å²) in [6.45, 7) is 2.78. The van der Waals surface area contributed by atoms with Crippen LogP contribution < -0.4 is 5.73 Å². The molecule has 1 unspecified atom stereocenters. The first-order valence-electron chi connectivity index (χ1n) is 7.64. The Bertz CT molecular complexity index is 839. The van der Waals surface area contributed by atoms with Gasteiger partial charge < -0.3 is 25.8 Å². The number of imidazole rings is 1. The van der Waals surface area contributed by atoms with Gasteiger partial charge in [-0.15, -0.1) is 0 Å². The Balaban J connectivity index is 2.75. The molecule has 2 rings (SSSR count). The zero-order valence-corrected chi connectivity index (χ0v) is 16.7. The van der Waals surface area contributed by atoms with E-state index in [4.69, 9.17) is 10.5 Å². The monoisotopic (exact) mass is 495 g/mol. The Kier molecular flexibility index (Phi) is 5.60. The van der Waals surface area contributed by atoms with E-state index in [0.717, 1.165) is 31.7 Å². The molecule has 1 aliphatic heterocycles. The summed E-state index contributed by atoms with van der Waals surface area (Å²) < 4.78 is 6.52. The number of hydrogen-bond acceptors (Lipinski definition) is 9. The van der Waals surface area contributed by atoms with Gasteiger partial charge in [-0.3, -0.25) is 23.7 Å². The van der Waals surface area contributed by atoms with Gasteiger partial charge in [0.2, 0.25) is 5.60 Å². The van der Waals surface area contributed by atoms with Crippen molar-refractivity contribution in [3.8, 4) is 0 Å². The normalized spacial score (nSPS) is 31.5. The van der Waals surface area contributed by atoms with Gasteiger partial charge in [-0.25, -0.2) is 4.98 Å². The summed E-state index contributed by atoms with van der Waals surface area (Å²) in [7, 11) is 0. The van der Waals surface area contributed by atoms with Crippen molar-refractivity contribution in [2.75, 3.05) is 0 Å². The Labute approximate surface area is 166 Å². The van der Waals surface area contributed by atoms with Crippen molar-refractivity contribution in [1.29, 1.82) is 0 Å². The topological polar surface area (TPSA) is 182 Å². The predicted octanol–water partition coefficient (Wildman–Crippen LogP) is -1.93. The molecule has 2 heterocycles. The quantitative estimate of drug-likeness (QED) is 0.327. The van der Waals surface area contributed by atoms with Crippen LogP contribution in [0, 0.1) is 3.70 Å². The molecule has 12 heteroatoms. The van der Waals surface area contributed by atoms with Crippen molar-refractivity contribution in [2.24, 2.45) is 5.73 Å². The maximum atomic E-state index is 12.3. The summed E-state index contributed by atoms with van der Waals surface area (Å²) in [5.74, 6) is -3.92. The molecule has 1 saturated heterocycles. The second kappa shape index (κ2) is 7.01. The molecule has 1 aromatic rings. The second-order valence-electron chi connectivity index (χ2n) is 6.27. The molecule has 1 aromatic heterocycles. The van der Waals surface area contributed by atoms with Gasteiger partial charge in [-0.2, -0.15) is 0 Å². The fourth-order valence-electron chi connectivity index (χ4n) is 3.11. The lowest BCUT2D eigenvalue weighted by atomic mass is 9.73. The zero-order chi connectivity index (χ0) is 20.9. The summed E-state index contributed by atoms with van der Waals surface area (Å²) in [4.78, 5) is 51.4. The number of halogens is 1. The molecule has 0 bridgehead atoms. The predicted molar refractivity (Wildman–Crippen MR) is 95.3 cm³/mol. The number of amides is 1. The van der Waals surface area contributed by atoms with Crippen LogP contribution in [0.3, 0.4) is 0 Å². The smallest absolute Gasteiger partial charge is 0.270 e. The maximum Gasteiger partial charge on any atom is 0.270 e. The molecule has 148 valence electrons. The van der Waals surface area contributed by atoms with Gasteiger partial charge in [0.25, 0.3) is 5.91 Å². The highest BCUT2D eigenvalue weighted by molar-refractivity contribution is 14.1. The molecule has 0 saturated carbocycles. The second-order valence-corrected chi connectivity index (χ2v) is 7.29. The lowest BCUT2D eigenvalue weighted by Crippen LogP contribution is -2.67. The first kappa shape index (κ1) is 21.6. The number of aliphatic hydroxyl groups is 3. The average molecular weight is 495 g/mol. The molecule has 0 aliphatic carbocycles. The fourth-order valence-corrected chi connectivity index (χ4v) is 3.89. The third-order valence-corrected chi connectivity index (χ3v) is 5.69. The van der Waals surface area contributed by atoms with E-state index in [1.54, 1.807) is 22.6 Å². The number of nitrogens with zero attached hydrogens (tertiary/aromatic N) is 2. The molecular formula is C15H18IN3O8. The van der Waals surface area contributed by atoms with Crippen LogP contribution in [-0.4, -0.2) is 71.5 Å². The number of ketones is 3. The number of ether oxygens (including phenoxy) is 1. The molecule has 27 heavy (non-hydrogen) atoms. The summed E-state index contributed by atoms with van der Waals surface area (Å²) in [6, 6.07) is 0. The number of carbonyl (C=O) groups is 4. The molecule has 1 fully saturated rings. The third-order valence-electron chi connectivity index (χ3n) is 4.62. The van der Waals surface area contributed by atoms with Crippen LogP contribution in [0.4, 0.5) is 0 Å². The van der Waals surface area contributed by atoms with Gasteiger partial charge in [-0.05, 0) is 43.4 Å². The van der Waals surface area contributed by atoms with Gasteiger partial charge in [0.05, 0.1) is 6.33 Å². The van der Waals surface area contributed by atoms with Gasteiger partial charge in [0.1, 0.15) is 15.9 Å². The van der Waals surface area contributed by atoms with Crippen molar-refractivity contribution in [2.45, 2.75) is 50.4 Å². The SMILES string of the molecule is CC(=O)C(O)[C@H]1O[C@@H](n2cnc(C(N)=O)c2I)[C@@](O)(C(C)=O)[C@@]1(O)C(C)=O. The van der Waals surface area contributed by atoms with Crippen molar-refractivity contribution in [3.63, 3.8) is 0 Å². The van der Waals surface area contributed by atoms with Crippen LogP contribution in [-0.2, 0) is 19.1 Å². The third kappa shape index (κ3) is 2.91. The van der Waals surface area contributed by atoms with Crippen molar-refractivity contribution < 1.29 is 39.2 Å². The average Bonchev–Trinajstić information content (AvgIpc) is 3.05. The summed E-state index contributed by atoms with van der Waals surface area (Å²) in [5, 5.41) is 32.2. The Morgan fingerprint density at radius 1 is 1.22 bits per heavy atom. The summed E-state index contributed by atoms with van der Waals surface area (Å²) >= 11 is 1.65. The first-order chi connectivity index (χ1) is 12.3. The minimum Gasteiger partial charge on any atom is -0.382 e. The van der Waals surface area contributed by atoms with Crippen molar-refractivity contribution in [3.05, 3.63) is 15.7 Å². The molecule has 1 amide bonds. The molecule has 11 nitrogen and oxygen atoms in total. The lowest BCUT2D eigenvalue weighted by Gasteiger charge is -2.37. The van der Waals surface area contributed by atoms with E-state index in [0.29, 0.717) is 0 Å². The van der Waals surface area contributed by atoms with Gasteiger partial charge in [0, 0.05) is 0 Å². The Morgan fingerprint density at radius 2 is 1.74 bits per heavy atom. The number of hydrogen-bond donors (Lipinski definition) is 4. The van der Waals surface area contributed by atoms with Crippen LogP contribution in [0.1, 0.15) is 37.5 Å². The molecule has 0 spiro atoms. The zero-order valence-electron chi connectivity index (χ0n) is 14.5. The number of carbonyl (C=O) groups excluding carboxylic acids is 4. The van der Waals surface area contributed by atoms with E-state index in [1.807, 2.05) is 0 Å². The van der Waals surface area contributed by atoms with Gasteiger partial charge >= 0.3 is 0 Å². The molecule has 1 aliphatic rings. The molecule has 0 aromatic carbocycles. The number of primary amides is 1. The van der Waals surface area contributed by atoms with E-state index in [9.17, 15) is 34.5 Å². The summed E-state index contributed by atoms with van der Waals surface area (Å²) in [5.41, 5.74) is -0.824. The Morgan fingerprint density at radius 3 is 2.11 bits per heavy atom. The molecule has 0 radical (unpaired) electrons. The van der Waals surface area contributed by atoms with E-state index in [2.05, 4.69) is 4.98 Å². The van der Waals surface area contributed by atoms with Crippen molar-refractivity contribution >= 4 is 45.8 Å². The molecular weight excluding hydrogens is 477 g/mol. The standard InChI is InChI=1S/C15H18IN3O8/c1-5(20)9(23)10-14(25,6(2)21)15(26,7(3)22)13(27-10)19-4-18-8(11(19)16)12(17)24/h4,9-10,13,23,25-26H,1-3H3,(H2,17,24)/t9?,10-,13-,14-,15+/m1/s1. The molecule has 5 atom stereocenters. The number of Topliss-reactive ketones (excluding diaryl/α,β-unsaturated/α-hetero) is 3. The fraction of sp³-hybridized carbons (Fsp3) is 0.533. The van der Waals surface area contributed by atoms with Crippen LogP contribution in [0.25, 0.3) is 0 Å². The van der Waals surface area contributed by atoms with E-state index < -0.39 is 52.9 Å². The van der Waals surface area contributed by atoms with Crippen LogP contribution in [0.15, 0.2) is 6.33 Å². The number of aromatic nitrogens is 2. The number of nitrogens with two attached hydrogens (primary N) is 1. The maximum absolute atomic E-state index is 12.3. The largest absolute Gasteiger partial charge is 0.382 e. The first-order valence-corrected chi connectivity index (χ1v) is 8.72. The highest BCUT2D eigenvalue weighted by Crippen LogP contribution is 2.48. The highest BCUT2D eigenvalue weighted by atomic mass is 127. The van der Waals surface area contributed by atoms with E-state index >= 15 is 0 Å². The van der Waals surface area contributed by atoms with Gasteiger partial charge in [-0.1, -0.05) is 0 Å². The van der Waals surface area contributed by atoms with Crippen LogP contribution in [0.2, 0.25) is 0 Å². The minimum atomic E-state index is -2.94. The van der Waals surface area contributed by atoms with E-state index in [1.165, 1.54) is 0 Å². The van der Waals surface area contributed by atoms with Crippen LogP contribution in [0.5, 0.6) is 0 Å². The Hall–Kier alpha value is -1.74. The van der Waals surface area contributed by atoms with E-state index in [-0.39, 0.29) is 9.39 Å². The highest BCUT2D eigenvalue weighted by Gasteiger charge is 2.73. The summed E-state index contributed by atoms with van der Waals surface area (Å²) in [6.07, 6.45) is -4.70. The molecule has 5 N–H and O–H groups in total. The number of rotatable bonds is 6. The minimum absolute atomic E-state index is 0.0497.